The van der Waals surface area contributed by atoms with Gasteiger partial charge in [-0.05, 0) is 122 Å². The van der Waals surface area contributed by atoms with Gasteiger partial charge in [-0.15, -0.1) is 0 Å². The number of nitrogens with zero attached hydrogens (tertiary/aromatic N) is 1. The summed E-state index contributed by atoms with van der Waals surface area (Å²) in [6, 6.07) is 30.6. The van der Waals surface area contributed by atoms with E-state index in [9.17, 15) is 18.0 Å². The molecule has 0 spiro atoms. The van der Waals surface area contributed by atoms with Crippen LogP contribution in [-0.2, 0) is 35.3 Å². The zero-order chi connectivity index (χ0) is 38.0. The van der Waals surface area contributed by atoms with Crippen LogP contribution in [0.4, 0.5) is 18.9 Å². The Balaban J connectivity index is 1.08. The zero-order valence-electron chi connectivity index (χ0n) is 31.5. The Hall–Kier alpha value is -4.34. The van der Waals surface area contributed by atoms with Crippen LogP contribution in [0.25, 0.3) is 0 Å². The lowest BCUT2D eigenvalue weighted by molar-refractivity contribution is -0.137. The number of carbonyl (C=O) groups excluding carboxylic acids is 1. The number of benzene rings is 4. The Morgan fingerprint density at radius 3 is 2.27 bits per heavy atom. The molecule has 0 radical (unpaired) electrons. The number of piperidine rings is 1. The molecule has 9 heteroatoms. The van der Waals surface area contributed by atoms with Gasteiger partial charge in [0.15, 0.2) is 0 Å². The monoisotopic (exact) mass is 752 g/mol. The topological polar surface area (TPSA) is 60.0 Å². The summed E-state index contributed by atoms with van der Waals surface area (Å²) in [4.78, 5) is 14.9. The van der Waals surface area contributed by atoms with Gasteiger partial charge in [-0.2, -0.15) is 13.2 Å². The second kappa shape index (κ2) is 16.0. The van der Waals surface area contributed by atoms with Crippen LogP contribution < -0.4 is 14.8 Å². The Morgan fingerprint density at radius 2 is 1.55 bits per heavy atom. The molecule has 2 saturated carbocycles. The van der Waals surface area contributed by atoms with Crippen LogP contribution in [0.2, 0.25) is 0 Å². The van der Waals surface area contributed by atoms with E-state index in [0.29, 0.717) is 25.6 Å². The molecule has 1 heterocycles. The summed E-state index contributed by atoms with van der Waals surface area (Å²) in [7, 11) is 0. The van der Waals surface area contributed by atoms with Gasteiger partial charge in [0.05, 0.1) is 30.5 Å². The van der Waals surface area contributed by atoms with Crippen LogP contribution in [-0.4, -0.2) is 42.6 Å². The smallest absolute Gasteiger partial charge is 0.418 e. The summed E-state index contributed by atoms with van der Waals surface area (Å²) < 4.78 is 63.7. The number of aryl methyl sites for hydroxylation is 1. The Morgan fingerprint density at radius 1 is 0.836 bits per heavy atom. The Bertz CT molecular complexity index is 1930. The highest BCUT2D eigenvalue weighted by molar-refractivity contribution is 5.93. The van der Waals surface area contributed by atoms with Crippen molar-refractivity contribution in [1.29, 1.82) is 0 Å². The molecule has 4 aromatic carbocycles. The SMILES string of the molecule is C[C@]12C[C@H](Oc3ccc(NC(=O)CN4CCCCC4)c(C(F)(F)F)c3)[C@@H]3c4ccc(OCc5ccccc5)cc4CC[C@H]3[C@@H]1CC[C@@H]2OCc1ccccc1. The molecule has 8 rings (SSSR count). The number of fused-ring (bicyclic) bond motifs is 5. The maximum absolute atomic E-state index is 14.7. The fourth-order valence-corrected chi connectivity index (χ4v) is 10.2. The summed E-state index contributed by atoms with van der Waals surface area (Å²) in [5, 5.41) is 2.56. The van der Waals surface area contributed by atoms with E-state index < -0.39 is 17.6 Å². The fourth-order valence-electron chi connectivity index (χ4n) is 10.2. The lowest BCUT2D eigenvalue weighted by Crippen LogP contribution is -2.52. The number of nitrogens with one attached hydrogen (secondary N) is 1. The van der Waals surface area contributed by atoms with Gasteiger partial charge in [0, 0.05) is 11.3 Å². The van der Waals surface area contributed by atoms with E-state index in [0.717, 1.165) is 81.0 Å². The average Bonchev–Trinajstić information content (AvgIpc) is 3.52. The van der Waals surface area contributed by atoms with Crippen molar-refractivity contribution in [2.75, 3.05) is 25.0 Å². The van der Waals surface area contributed by atoms with E-state index in [4.69, 9.17) is 14.2 Å². The molecule has 1 aliphatic heterocycles. The summed E-state index contributed by atoms with van der Waals surface area (Å²) in [6.07, 6.45) is 2.51. The van der Waals surface area contributed by atoms with Crippen molar-refractivity contribution in [3.63, 3.8) is 0 Å². The van der Waals surface area contributed by atoms with Crippen LogP contribution in [0.3, 0.4) is 0 Å². The van der Waals surface area contributed by atoms with Crippen LogP contribution >= 0.6 is 0 Å². The first-order chi connectivity index (χ1) is 26.6. The molecule has 0 aromatic heterocycles. The molecular weight excluding hydrogens is 702 g/mol. The lowest BCUT2D eigenvalue weighted by Gasteiger charge is -2.53. The normalized spacial score (nSPS) is 26.4. The van der Waals surface area contributed by atoms with Crippen molar-refractivity contribution in [2.45, 2.75) is 95.8 Å². The third-order valence-corrected chi connectivity index (χ3v) is 12.8. The quantitative estimate of drug-likeness (QED) is 0.165. The van der Waals surface area contributed by atoms with Crippen molar-refractivity contribution < 1.29 is 32.2 Å². The molecule has 6 nitrogen and oxygen atoms in total. The highest BCUT2D eigenvalue weighted by Gasteiger charge is 2.59. The standard InChI is InChI=1S/C46H51F3N2O4/c1-45-27-41(55-35-17-21-40(39(26-35)46(47,48)49)50-43(52)28-51-23-9-4-10-24-51)44-36-19-16-34(53-29-31-11-5-2-6-12-31)25-33(36)15-18-37(44)38(45)20-22-42(45)54-30-32-13-7-3-8-14-32/h2-3,5-8,11-14,16-17,19,21,25-26,37-38,41-42,44H,4,9-10,15,18,20,22-24,27-30H2,1H3,(H,50,52)/t37-,38-,41-,42-,44+,45-/m0/s1. The third-order valence-electron chi connectivity index (χ3n) is 12.8. The minimum atomic E-state index is -4.69. The van der Waals surface area contributed by atoms with Crippen molar-refractivity contribution in [1.82, 2.24) is 4.90 Å². The molecule has 4 aromatic rings. The fraction of sp³-hybridized carbons (Fsp3) is 0.457. The van der Waals surface area contributed by atoms with E-state index >= 15 is 0 Å². The Labute approximate surface area is 322 Å². The molecule has 290 valence electrons. The predicted octanol–water partition coefficient (Wildman–Crippen LogP) is 10.2. The third kappa shape index (κ3) is 8.29. The van der Waals surface area contributed by atoms with Crippen LogP contribution in [0.15, 0.2) is 97.1 Å². The second-order valence-corrected chi connectivity index (χ2v) is 16.3. The molecule has 1 amide bonds. The van der Waals surface area contributed by atoms with E-state index in [1.165, 1.54) is 17.2 Å². The molecule has 0 bridgehead atoms. The van der Waals surface area contributed by atoms with Crippen molar-refractivity contribution in [3.05, 3.63) is 125 Å². The largest absolute Gasteiger partial charge is 0.490 e. The van der Waals surface area contributed by atoms with Gasteiger partial charge in [-0.25, -0.2) is 0 Å². The molecule has 55 heavy (non-hydrogen) atoms. The minimum Gasteiger partial charge on any atom is -0.490 e. The highest BCUT2D eigenvalue weighted by Crippen LogP contribution is 2.62. The van der Waals surface area contributed by atoms with Crippen LogP contribution in [0.5, 0.6) is 11.5 Å². The summed E-state index contributed by atoms with van der Waals surface area (Å²) in [6.45, 7) is 4.93. The lowest BCUT2D eigenvalue weighted by atomic mass is 9.54. The van der Waals surface area contributed by atoms with Gasteiger partial charge in [-0.3, -0.25) is 9.69 Å². The maximum atomic E-state index is 14.7. The highest BCUT2D eigenvalue weighted by atomic mass is 19.4. The van der Waals surface area contributed by atoms with Gasteiger partial charge >= 0.3 is 6.18 Å². The summed E-state index contributed by atoms with van der Waals surface area (Å²) in [5.41, 5.74) is 3.26. The molecule has 1 N–H and O–H groups in total. The van der Waals surface area contributed by atoms with E-state index in [1.54, 1.807) is 6.07 Å². The molecule has 0 unspecified atom stereocenters. The number of rotatable bonds is 11. The van der Waals surface area contributed by atoms with E-state index in [2.05, 4.69) is 36.5 Å². The maximum Gasteiger partial charge on any atom is 0.418 e. The number of alkyl halides is 3. The average molecular weight is 753 g/mol. The first-order valence-electron chi connectivity index (χ1n) is 20.0. The zero-order valence-corrected chi connectivity index (χ0v) is 31.5. The van der Waals surface area contributed by atoms with Crippen molar-refractivity contribution in [3.8, 4) is 11.5 Å². The predicted molar refractivity (Wildman–Crippen MR) is 207 cm³/mol. The number of hydrogen-bond acceptors (Lipinski definition) is 5. The van der Waals surface area contributed by atoms with Crippen LogP contribution in [0, 0.1) is 17.3 Å². The molecule has 3 fully saturated rings. The molecule has 6 atom stereocenters. The number of hydrogen-bond donors (Lipinski definition) is 1. The molecule has 3 aliphatic carbocycles. The van der Waals surface area contributed by atoms with Crippen LogP contribution in [0.1, 0.15) is 85.6 Å². The van der Waals surface area contributed by atoms with Crippen molar-refractivity contribution in [2.24, 2.45) is 17.3 Å². The minimum absolute atomic E-state index is 0.00291. The van der Waals surface area contributed by atoms with E-state index in [1.807, 2.05) is 59.5 Å². The molecule has 1 saturated heterocycles. The Kier molecular flexibility index (Phi) is 10.9. The van der Waals surface area contributed by atoms with Gasteiger partial charge < -0.3 is 19.5 Å². The van der Waals surface area contributed by atoms with Gasteiger partial charge in [0.25, 0.3) is 0 Å². The number of likely N-dealkylation sites (tertiary alicyclic amines) is 1. The number of amides is 1. The van der Waals surface area contributed by atoms with Gasteiger partial charge in [0.2, 0.25) is 5.91 Å². The van der Waals surface area contributed by atoms with E-state index in [-0.39, 0.29) is 47.4 Å². The molecular formula is C46H51F3N2O4. The number of anilines is 1. The number of halogens is 3. The van der Waals surface area contributed by atoms with Crippen molar-refractivity contribution >= 4 is 11.6 Å². The van der Waals surface area contributed by atoms with Gasteiger partial charge in [-0.1, -0.05) is 80.1 Å². The first-order valence-corrected chi connectivity index (χ1v) is 20.0. The first kappa shape index (κ1) is 37.6. The number of carbonyl (C=O) groups is 1. The summed E-state index contributed by atoms with van der Waals surface area (Å²) >= 11 is 0. The van der Waals surface area contributed by atoms with Gasteiger partial charge in [0.1, 0.15) is 24.2 Å². The molecule has 4 aliphatic rings. The second-order valence-electron chi connectivity index (χ2n) is 16.3. The number of ether oxygens (including phenoxy) is 3. The summed E-state index contributed by atoms with van der Waals surface area (Å²) in [5.74, 6) is 1.19.